The molecule has 0 bridgehead atoms. The second-order valence-electron chi connectivity index (χ2n) is 7.90. The van der Waals surface area contributed by atoms with Crippen molar-refractivity contribution < 1.29 is 9.59 Å². The molecule has 28 heavy (non-hydrogen) atoms. The van der Waals surface area contributed by atoms with Crippen LogP contribution >= 0.6 is 22.6 Å². The smallest absolute Gasteiger partial charge is 0.237 e. The lowest BCUT2D eigenvalue weighted by Crippen LogP contribution is -2.57. The van der Waals surface area contributed by atoms with Gasteiger partial charge in [0, 0.05) is 16.5 Å². The van der Waals surface area contributed by atoms with Gasteiger partial charge >= 0.3 is 0 Å². The summed E-state index contributed by atoms with van der Waals surface area (Å²) in [6, 6.07) is 18.7. The monoisotopic (exact) mass is 488 g/mol. The van der Waals surface area contributed by atoms with Crippen LogP contribution in [0.25, 0.3) is 0 Å². The Labute approximate surface area is 179 Å². The molecule has 146 valence electrons. The second kappa shape index (κ2) is 8.33. The highest BCUT2D eigenvalue weighted by Crippen LogP contribution is 2.44. The Morgan fingerprint density at radius 3 is 2.46 bits per heavy atom. The van der Waals surface area contributed by atoms with Gasteiger partial charge in [0.1, 0.15) is 0 Å². The van der Waals surface area contributed by atoms with Gasteiger partial charge in [-0.25, -0.2) is 0 Å². The molecule has 2 aromatic carbocycles. The molecular formula is C23H25IN2O2. The maximum atomic E-state index is 13.1. The number of amides is 2. The average Bonchev–Trinajstić information content (AvgIpc) is 2.70. The summed E-state index contributed by atoms with van der Waals surface area (Å²) < 4.78 is 1.26. The van der Waals surface area contributed by atoms with E-state index >= 15 is 0 Å². The summed E-state index contributed by atoms with van der Waals surface area (Å²) in [6.45, 7) is 2.91. The molecule has 0 aromatic heterocycles. The van der Waals surface area contributed by atoms with Gasteiger partial charge in [-0.05, 0) is 84.1 Å². The normalized spacial score (nSPS) is 24.2. The SMILES string of the molecule is O=C1CCC(c2ccccc2)(C2CCN(Cc3cccc(I)c3)CC2)C(=O)N1. The Kier molecular flexibility index (Phi) is 5.83. The molecule has 1 unspecified atom stereocenters. The van der Waals surface area contributed by atoms with Gasteiger partial charge in [-0.1, -0.05) is 42.5 Å². The molecule has 2 aromatic rings. The van der Waals surface area contributed by atoms with E-state index in [4.69, 9.17) is 0 Å². The van der Waals surface area contributed by atoms with Crippen molar-refractivity contribution in [1.82, 2.24) is 10.2 Å². The van der Waals surface area contributed by atoms with Crippen LogP contribution in [0.5, 0.6) is 0 Å². The zero-order chi connectivity index (χ0) is 19.6. The van der Waals surface area contributed by atoms with Crippen molar-refractivity contribution in [1.29, 1.82) is 0 Å². The number of likely N-dealkylation sites (tertiary alicyclic amines) is 1. The van der Waals surface area contributed by atoms with E-state index in [-0.39, 0.29) is 17.7 Å². The number of hydrogen-bond donors (Lipinski definition) is 1. The van der Waals surface area contributed by atoms with Gasteiger partial charge < -0.3 is 0 Å². The fraction of sp³-hybridized carbons (Fsp3) is 0.391. The molecule has 1 N–H and O–H groups in total. The van der Waals surface area contributed by atoms with Crippen molar-refractivity contribution in [3.8, 4) is 0 Å². The minimum absolute atomic E-state index is 0.106. The number of piperidine rings is 2. The minimum atomic E-state index is -0.580. The third-order valence-corrected chi connectivity index (χ3v) is 6.94. The van der Waals surface area contributed by atoms with Crippen LogP contribution in [0.15, 0.2) is 54.6 Å². The highest BCUT2D eigenvalue weighted by atomic mass is 127. The third kappa shape index (κ3) is 3.87. The van der Waals surface area contributed by atoms with Crippen molar-refractivity contribution >= 4 is 34.4 Å². The summed E-state index contributed by atoms with van der Waals surface area (Å²) in [4.78, 5) is 27.4. The van der Waals surface area contributed by atoms with Gasteiger partial charge in [-0.2, -0.15) is 0 Å². The second-order valence-corrected chi connectivity index (χ2v) is 9.14. The van der Waals surface area contributed by atoms with Crippen LogP contribution < -0.4 is 5.32 Å². The number of halogens is 1. The summed E-state index contributed by atoms with van der Waals surface area (Å²) in [6.07, 6.45) is 2.98. The Balaban J connectivity index is 1.52. The summed E-state index contributed by atoms with van der Waals surface area (Å²) in [7, 11) is 0. The van der Waals surface area contributed by atoms with E-state index in [0.29, 0.717) is 12.8 Å². The number of nitrogens with zero attached hydrogens (tertiary/aromatic N) is 1. The van der Waals surface area contributed by atoms with Crippen LogP contribution in [-0.2, 0) is 21.5 Å². The first-order valence-corrected chi connectivity index (χ1v) is 11.0. The topological polar surface area (TPSA) is 49.4 Å². The molecular weight excluding hydrogens is 463 g/mol. The third-order valence-electron chi connectivity index (χ3n) is 6.27. The molecule has 2 aliphatic rings. The first-order chi connectivity index (χ1) is 13.6. The van der Waals surface area contributed by atoms with Gasteiger partial charge in [-0.3, -0.25) is 19.8 Å². The van der Waals surface area contributed by atoms with E-state index in [1.54, 1.807) is 0 Å². The molecule has 2 saturated heterocycles. The van der Waals surface area contributed by atoms with E-state index in [9.17, 15) is 9.59 Å². The number of imide groups is 1. The largest absolute Gasteiger partial charge is 0.299 e. The lowest BCUT2D eigenvalue weighted by Gasteiger charge is -2.45. The molecule has 0 aliphatic carbocycles. The molecule has 5 heteroatoms. The summed E-state index contributed by atoms with van der Waals surface area (Å²) in [5.41, 5.74) is 1.81. The van der Waals surface area contributed by atoms with Crippen LogP contribution in [0, 0.1) is 9.49 Å². The van der Waals surface area contributed by atoms with Crippen LogP contribution in [-0.4, -0.2) is 29.8 Å². The van der Waals surface area contributed by atoms with E-state index in [0.717, 1.165) is 38.0 Å². The minimum Gasteiger partial charge on any atom is -0.299 e. The summed E-state index contributed by atoms with van der Waals surface area (Å²) in [5.74, 6) is 0.00819. The van der Waals surface area contributed by atoms with Crippen molar-refractivity contribution in [3.05, 3.63) is 69.3 Å². The average molecular weight is 488 g/mol. The zero-order valence-electron chi connectivity index (χ0n) is 15.9. The predicted octanol–water partition coefficient (Wildman–Crippen LogP) is 3.88. The molecule has 4 nitrogen and oxygen atoms in total. The first-order valence-electron chi connectivity index (χ1n) is 9.94. The maximum Gasteiger partial charge on any atom is 0.237 e. The lowest BCUT2D eigenvalue weighted by molar-refractivity contribution is -0.140. The number of rotatable bonds is 4. The number of carbonyl (C=O) groups is 2. The Bertz CT molecular complexity index is 862. The van der Waals surface area contributed by atoms with Gasteiger partial charge in [0.15, 0.2) is 0 Å². The van der Waals surface area contributed by atoms with Crippen LogP contribution in [0.3, 0.4) is 0 Å². The number of benzene rings is 2. The van der Waals surface area contributed by atoms with E-state index in [1.807, 2.05) is 30.3 Å². The fourth-order valence-corrected chi connectivity index (χ4v) is 5.45. The number of carbonyl (C=O) groups excluding carboxylic acids is 2. The van der Waals surface area contributed by atoms with Gasteiger partial charge in [0.25, 0.3) is 0 Å². The van der Waals surface area contributed by atoms with Crippen LogP contribution in [0.1, 0.15) is 36.8 Å². The van der Waals surface area contributed by atoms with E-state index in [1.165, 1.54) is 9.13 Å². The molecule has 0 spiro atoms. The van der Waals surface area contributed by atoms with Crippen molar-refractivity contribution in [2.24, 2.45) is 5.92 Å². The molecule has 2 fully saturated rings. The molecule has 2 amide bonds. The molecule has 2 aliphatic heterocycles. The lowest BCUT2D eigenvalue weighted by atomic mass is 9.62. The molecule has 2 heterocycles. The van der Waals surface area contributed by atoms with Gasteiger partial charge in [-0.15, -0.1) is 0 Å². The van der Waals surface area contributed by atoms with E-state index < -0.39 is 5.41 Å². The van der Waals surface area contributed by atoms with Gasteiger partial charge in [0.2, 0.25) is 11.8 Å². The highest BCUT2D eigenvalue weighted by Gasteiger charge is 2.50. The Morgan fingerprint density at radius 2 is 1.79 bits per heavy atom. The van der Waals surface area contributed by atoms with Crippen molar-refractivity contribution in [2.45, 2.75) is 37.6 Å². The predicted molar refractivity (Wildman–Crippen MR) is 118 cm³/mol. The first kappa shape index (κ1) is 19.6. The van der Waals surface area contributed by atoms with Crippen molar-refractivity contribution in [2.75, 3.05) is 13.1 Å². The Morgan fingerprint density at radius 1 is 1.04 bits per heavy atom. The number of hydrogen-bond acceptors (Lipinski definition) is 3. The summed E-state index contributed by atoms with van der Waals surface area (Å²) >= 11 is 2.35. The van der Waals surface area contributed by atoms with Gasteiger partial charge in [0.05, 0.1) is 5.41 Å². The fourth-order valence-electron chi connectivity index (χ4n) is 4.84. The number of nitrogens with one attached hydrogen (secondary N) is 1. The standard InChI is InChI=1S/C23H25IN2O2/c24-20-8-4-5-17(15-20)16-26-13-10-19(11-14-26)23(18-6-2-1-3-7-18)12-9-21(27)25-22(23)28/h1-8,15,19H,9-14,16H2,(H,25,27,28). The highest BCUT2D eigenvalue weighted by molar-refractivity contribution is 14.1. The maximum absolute atomic E-state index is 13.1. The van der Waals surface area contributed by atoms with E-state index in [2.05, 4.69) is 57.1 Å². The van der Waals surface area contributed by atoms with Crippen LogP contribution in [0.4, 0.5) is 0 Å². The van der Waals surface area contributed by atoms with Crippen molar-refractivity contribution in [3.63, 3.8) is 0 Å². The quantitative estimate of drug-likeness (QED) is 0.525. The molecule has 4 rings (SSSR count). The molecule has 0 radical (unpaired) electrons. The van der Waals surface area contributed by atoms with Crippen LogP contribution in [0.2, 0.25) is 0 Å². The molecule has 0 saturated carbocycles. The summed E-state index contributed by atoms with van der Waals surface area (Å²) in [5, 5.41) is 2.63. The zero-order valence-corrected chi connectivity index (χ0v) is 18.0. The Hall–Kier alpha value is -1.73. The molecule has 1 atom stereocenters.